The second kappa shape index (κ2) is 17.3. The van der Waals surface area contributed by atoms with Crippen molar-refractivity contribution in [3.63, 3.8) is 0 Å². The van der Waals surface area contributed by atoms with Gasteiger partial charge in [-0.05, 0) is 182 Å². The highest BCUT2D eigenvalue weighted by molar-refractivity contribution is 9.11. The van der Waals surface area contributed by atoms with Crippen molar-refractivity contribution in [2.24, 2.45) is 0 Å². The second-order valence-electron chi connectivity index (χ2n) is 22.5. The standard InChI is InChI=1S/2C35H26Br2/c1-34(2,3)21-12-15-28-26-10-6-7-11-30(26)35(32(28)18-21)31-17-14-22(36)19-29(31)25-9-5-4-8-24(25)27-16-13-23(37)20-33(27)35;1-34(2,3)21-12-15-27-26-10-6-7-11-30(26)35(33(27)18-21)31-16-13-22(36)19-28(31)24-8-4-5-9-25(24)29-20-23(37)14-17-32(29)35/h2*4-20H,1-3H3. The lowest BCUT2D eigenvalue weighted by molar-refractivity contribution is 0.588. The fourth-order valence-electron chi connectivity index (χ4n) is 13.1. The van der Waals surface area contributed by atoms with E-state index in [4.69, 9.17) is 0 Å². The van der Waals surface area contributed by atoms with E-state index in [2.05, 4.69) is 312 Å². The molecule has 0 N–H and O–H groups in total. The number of hydrogen-bond donors (Lipinski definition) is 0. The van der Waals surface area contributed by atoms with Gasteiger partial charge < -0.3 is 0 Å². The molecular formula is C70H52Br4. The largest absolute Gasteiger partial charge is 0.0726 e. The molecular weight excluding hydrogens is 1160 g/mol. The van der Waals surface area contributed by atoms with Gasteiger partial charge in [-0.3, -0.25) is 0 Å². The third-order valence-electron chi connectivity index (χ3n) is 16.4. The fraction of sp³-hybridized carbons (Fsp3) is 0.143. The van der Waals surface area contributed by atoms with Crippen LogP contribution in [-0.4, -0.2) is 0 Å². The van der Waals surface area contributed by atoms with Gasteiger partial charge in [-0.15, -0.1) is 0 Å². The summed E-state index contributed by atoms with van der Waals surface area (Å²) in [6, 6.07) is 77.6. The van der Waals surface area contributed by atoms with Gasteiger partial charge in [0.05, 0.1) is 10.8 Å². The minimum atomic E-state index is -0.443. The van der Waals surface area contributed by atoms with Gasteiger partial charge in [0.15, 0.2) is 0 Å². The predicted octanol–water partition coefficient (Wildman–Crippen LogP) is 21.0. The van der Waals surface area contributed by atoms with E-state index in [-0.39, 0.29) is 10.8 Å². The summed E-state index contributed by atoms with van der Waals surface area (Å²) >= 11 is 15.3. The van der Waals surface area contributed by atoms with E-state index in [1.54, 1.807) is 0 Å². The van der Waals surface area contributed by atoms with Crippen molar-refractivity contribution in [2.75, 3.05) is 0 Å². The van der Waals surface area contributed by atoms with Crippen molar-refractivity contribution in [2.45, 2.75) is 63.2 Å². The Bertz CT molecular complexity index is 3910. The summed E-state index contributed by atoms with van der Waals surface area (Å²) < 4.78 is 4.39. The molecule has 0 fully saturated rings. The fourth-order valence-corrected chi connectivity index (χ4v) is 14.6. The van der Waals surface area contributed by atoms with Crippen molar-refractivity contribution in [1.29, 1.82) is 0 Å². The molecule has 10 aromatic rings. The molecule has 1 unspecified atom stereocenters. The number of hydrogen-bond acceptors (Lipinski definition) is 0. The summed E-state index contributed by atoms with van der Waals surface area (Å²) in [6.07, 6.45) is 0. The van der Waals surface area contributed by atoms with Crippen LogP contribution >= 0.6 is 63.7 Å². The van der Waals surface area contributed by atoms with Crippen LogP contribution in [0.5, 0.6) is 0 Å². The van der Waals surface area contributed by atoms with E-state index >= 15 is 0 Å². The minimum absolute atomic E-state index is 0.0430. The highest BCUT2D eigenvalue weighted by Crippen LogP contribution is 2.64. The van der Waals surface area contributed by atoms with E-state index in [1.165, 1.54) is 122 Å². The molecule has 0 aliphatic heterocycles. The van der Waals surface area contributed by atoms with Crippen LogP contribution in [0, 0.1) is 0 Å². The number of rotatable bonds is 0. The average molecular weight is 1210 g/mol. The number of halogens is 4. The maximum atomic E-state index is 3.86. The summed E-state index contributed by atoms with van der Waals surface area (Å²) in [5, 5.41) is 0. The van der Waals surface area contributed by atoms with Gasteiger partial charge in [0.1, 0.15) is 0 Å². The lowest BCUT2D eigenvalue weighted by Crippen LogP contribution is -2.30. The van der Waals surface area contributed by atoms with E-state index in [9.17, 15) is 0 Å². The Morgan fingerprint density at radius 2 is 0.486 bits per heavy atom. The zero-order chi connectivity index (χ0) is 51.1. The van der Waals surface area contributed by atoms with Crippen LogP contribution < -0.4 is 0 Å². The Labute approximate surface area is 469 Å². The first kappa shape index (κ1) is 47.8. The van der Waals surface area contributed by atoms with Crippen molar-refractivity contribution < 1.29 is 0 Å². The van der Waals surface area contributed by atoms with Crippen molar-refractivity contribution in [3.8, 4) is 66.8 Å². The average Bonchev–Trinajstić information content (AvgIpc) is 3.84. The van der Waals surface area contributed by atoms with Gasteiger partial charge >= 0.3 is 0 Å². The molecule has 1 atom stereocenters. The van der Waals surface area contributed by atoms with E-state index in [0.29, 0.717) is 0 Å². The molecule has 2 spiro atoms. The maximum absolute atomic E-state index is 3.86. The highest BCUT2D eigenvalue weighted by atomic mass is 79.9. The smallest absolute Gasteiger partial charge is 0.0619 e. The van der Waals surface area contributed by atoms with Gasteiger partial charge in [-0.25, -0.2) is 0 Å². The molecule has 360 valence electrons. The molecule has 0 bridgehead atoms. The van der Waals surface area contributed by atoms with Gasteiger partial charge in [0.2, 0.25) is 0 Å². The molecule has 0 saturated heterocycles. The number of fused-ring (bicyclic) bond motifs is 24. The minimum Gasteiger partial charge on any atom is -0.0619 e. The Morgan fingerprint density at radius 3 is 0.878 bits per heavy atom. The van der Waals surface area contributed by atoms with Crippen molar-refractivity contribution >= 4 is 63.7 Å². The first-order valence-corrected chi connectivity index (χ1v) is 28.7. The first-order chi connectivity index (χ1) is 35.6. The third-order valence-corrected chi connectivity index (χ3v) is 18.4. The summed E-state index contributed by atoms with van der Waals surface area (Å²) in [6.45, 7) is 13.8. The lowest BCUT2D eigenvalue weighted by Gasteiger charge is -2.36. The molecule has 0 amide bonds. The maximum Gasteiger partial charge on any atom is 0.0726 e. The molecule has 4 aliphatic rings. The quantitative estimate of drug-likeness (QED) is 0.142. The molecule has 10 aromatic carbocycles. The van der Waals surface area contributed by atoms with Crippen molar-refractivity contribution in [1.82, 2.24) is 0 Å². The Morgan fingerprint density at radius 1 is 0.230 bits per heavy atom. The van der Waals surface area contributed by atoms with E-state index in [0.717, 1.165) is 17.9 Å². The highest BCUT2D eigenvalue weighted by Gasteiger charge is 2.52. The zero-order valence-corrected chi connectivity index (χ0v) is 48.5. The number of benzene rings is 10. The van der Waals surface area contributed by atoms with Crippen LogP contribution in [0.4, 0.5) is 0 Å². The van der Waals surface area contributed by atoms with Crippen LogP contribution in [0.1, 0.15) is 97.2 Å². The summed E-state index contributed by atoms with van der Waals surface area (Å²) in [5.74, 6) is 0. The van der Waals surface area contributed by atoms with Crippen LogP contribution in [-0.2, 0) is 21.7 Å². The first-order valence-electron chi connectivity index (χ1n) is 25.5. The Balaban J connectivity index is 0.000000143. The summed E-state index contributed by atoms with van der Waals surface area (Å²) in [5.41, 5.74) is 28.2. The normalized spacial score (nSPS) is 15.6. The lowest BCUT2D eigenvalue weighted by atomic mass is 9.65. The molecule has 14 rings (SSSR count). The van der Waals surface area contributed by atoms with Crippen LogP contribution in [0.15, 0.2) is 224 Å². The molecule has 0 aromatic heterocycles. The summed E-state index contributed by atoms with van der Waals surface area (Å²) in [4.78, 5) is 0. The summed E-state index contributed by atoms with van der Waals surface area (Å²) in [7, 11) is 0. The predicted molar refractivity (Wildman–Crippen MR) is 325 cm³/mol. The molecule has 0 saturated carbocycles. The van der Waals surface area contributed by atoms with Crippen LogP contribution in [0.2, 0.25) is 0 Å². The van der Waals surface area contributed by atoms with Gasteiger partial charge in [0, 0.05) is 17.9 Å². The molecule has 0 heterocycles. The SMILES string of the molecule is CC(C)(C)c1ccc2c(c1)C1(c3ccc(Br)cc3-c3ccccc3-c3cc(Br)ccc31)c1ccccc1-2.CC(C)(C)c1ccc2c(c1)C1(c3ccc(Br)cc3-c3ccccc3-c3ccc(Br)cc31)c1ccccc1-2. The Hall–Kier alpha value is -5.88. The van der Waals surface area contributed by atoms with Crippen molar-refractivity contribution in [3.05, 3.63) is 280 Å². The van der Waals surface area contributed by atoms with Gasteiger partial charge in [0.25, 0.3) is 0 Å². The van der Waals surface area contributed by atoms with Crippen LogP contribution in [0.3, 0.4) is 0 Å². The topological polar surface area (TPSA) is 0 Å². The molecule has 4 heteroatoms. The monoisotopic (exact) mass is 1210 g/mol. The van der Waals surface area contributed by atoms with Gasteiger partial charge in [-0.1, -0.05) is 263 Å². The third kappa shape index (κ3) is 7.00. The molecule has 0 nitrogen and oxygen atoms in total. The van der Waals surface area contributed by atoms with Crippen LogP contribution in [0.25, 0.3) is 66.8 Å². The zero-order valence-electron chi connectivity index (χ0n) is 42.1. The molecule has 0 radical (unpaired) electrons. The second-order valence-corrected chi connectivity index (χ2v) is 26.1. The molecule has 4 aliphatic carbocycles. The Kier molecular flexibility index (Phi) is 11.2. The van der Waals surface area contributed by atoms with Gasteiger partial charge in [-0.2, -0.15) is 0 Å². The van der Waals surface area contributed by atoms with E-state index in [1.807, 2.05) is 0 Å². The van der Waals surface area contributed by atoms with E-state index < -0.39 is 10.8 Å². The molecule has 74 heavy (non-hydrogen) atoms.